The van der Waals surface area contributed by atoms with Gasteiger partial charge in [-0.25, -0.2) is 0 Å². The van der Waals surface area contributed by atoms with Crippen molar-refractivity contribution in [3.63, 3.8) is 0 Å². The standard InChI is InChI=1S/C33H73AsNO3P/c1-6-8-10-12-14-16-18-20-22-24-26-28-32-37-39(36,35-31-30-34(3,4)5)38-33-29-27-25-23-21-19-17-15-13-11-9-7-2/h34H,6-33H2,1-5H3,(H,35,36). The third kappa shape index (κ3) is 31.4. The molecule has 0 aromatic heterocycles. The minimum atomic E-state index is -3.19. The fourth-order valence-electron chi connectivity index (χ4n) is 4.95. The minimum Gasteiger partial charge on any atom is -0.0654 e. The van der Waals surface area contributed by atoms with Gasteiger partial charge >= 0.3 is 159 Å². The first-order valence-electron chi connectivity index (χ1n) is 17.5. The molecule has 0 radical (unpaired) electrons. The van der Waals surface area contributed by atoms with Crippen molar-refractivity contribution in [2.24, 2.45) is 0 Å². The molecule has 0 spiro atoms. The third-order valence-corrected chi connectivity index (χ3v) is 13.0. The second-order valence-corrected chi connectivity index (χ2v) is 26.8. The molecule has 0 heterocycles. The van der Waals surface area contributed by atoms with Gasteiger partial charge in [-0.05, 0) is 0 Å². The molecule has 0 aliphatic rings. The summed E-state index contributed by atoms with van der Waals surface area (Å²) in [4.78, 5) is 0. The molecule has 0 atom stereocenters. The summed E-state index contributed by atoms with van der Waals surface area (Å²) >= 11 is -1.68. The molecule has 4 nitrogen and oxygen atoms in total. The van der Waals surface area contributed by atoms with E-state index in [1.807, 2.05) is 0 Å². The zero-order chi connectivity index (χ0) is 28.9. The van der Waals surface area contributed by atoms with Gasteiger partial charge in [0.25, 0.3) is 0 Å². The number of rotatable bonds is 32. The van der Waals surface area contributed by atoms with Crippen molar-refractivity contribution in [2.45, 2.75) is 190 Å². The molecule has 0 aliphatic heterocycles. The average Bonchev–Trinajstić information content (AvgIpc) is 2.89. The Labute approximate surface area is 249 Å². The van der Waals surface area contributed by atoms with E-state index in [0.29, 0.717) is 13.2 Å². The zero-order valence-electron chi connectivity index (χ0n) is 27.5. The molecule has 0 unspecified atom stereocenters. The molecule has 238 valence electrons. The maximum absolute atomic E-state index is 13.4. The van der Waals surface area contributed by atoms with Gasteiger partial charge in [0.05, 0.1) is 0 Å². The smallest absolute Gasteiger partial charge is 0.0654 e. The summed E-state index contributed by atoms with van der Waals surface area (Å²) in [6.07, 6.45) is 31.6. The van der Waals surface area contributed by atoms with Crippen LogP contribution in [0.5, 0.6) is 0 Å². The van der Waals surface area contributed by atoms with E-state index in [9.17, 15) is 4.57 Å². The number of hydrogen-bond acceptors (Lipinski definition) is 3. The van der Waals surface area contributed by atoms with E-state index < -0.39 is 21.3 Å². The molecular weight excluding hydrogens is 564 g/mol. The Hall–Kier alpha value is 0.668. The first-order valence-corrected chi connectivity index (χ1v) is 26.8. The summed E-state index contributed by atoms with van der Waals surface area (Å²) in [5, 5.41) is 4.33. The second kappa shape index (κ2) is 28.8. The van der Waals surface area contributed by atoms with Crippen LogP contribution in [0.3, 0.4) is 0 Å². The van der Waals surface area contributed by atoms with Crippen LogP contribution in [0, 0.1) is 0 Å². The molecule has 0 amide bonds. The van der Waals surface area contributed by atoms with E-state index >= 15 is 0 Å². The van der Waals surface area contributed by atoms with Crippen LogP contribution in [0.25, 0.3) is 0 Å². The van der Waals surface area contributed by atoms with Crippen molar-refractivity contribution in [1.29, 1.82) is 0 Å². The van der Waals surface area contributed by atoms with Gasteiger partial charge in [0.1, 0.15) is 0 Å². The zero-order valence-corrected chi connectivity index (χ0v) is 30.5. The normalized spacial score (nSPS) is 12.8. The monoisotopic (exact) mass is 637 g/mol. The molecule has 0 saturated carbocycles. The average molecular weight is 638 g/mol. The van der Waals surface area contributed by atoms with Gasteiger partial charge in [-0.3, -0.25) is 0 Å². The minimum absolute atomic E-state index is 0.539. The summed E-state index contributed by atoms with van der Waals surface area (Å²) in [7, 11) is -3.19. The molecule has 0 rings (SSSR count). The third-order valence-electron chi connectivity index (χ3n) is 7.70. The molecule has 0 aromatic rings. The second-order valence-electron chi connectivity index (χ2n) is 13.2. The fraction of sp³-hybridized carbons (Fsp3) is 1.00. The summed E-state index contributed by atoms with van der Waals surface area (Å²) in [6.45, 7) is 6.39. The SMILES string of the molecule is CCCCCCCCCCCCCCOP(=O)(NCC[AsH](C)(C)C)OCCCCCCCCCCCCCC. The molecule has 1 N–H and O–H groups in total. The predicted octanol–water partition coefficient (Wildman–Crippen LogP) is 12.2. The van der Waals surface area contributed by atoms with Crippen molar-refractivity contribution < 1.29 is 13.6 Å². The van der Waals surface area contributed by atoms with Crippen molar-refractivity contribution in [3.05, 3.63) is 0 Å². The molecule has 0 fully saturated rings. The molecule has 6 heteroatoms. The Bertz CT molecular complexity index is 508. The van der Waals surface area contributed by atoms with E-state index in [-0.39, 0.29) is 0 Å². The van der Waals surface area contributed by atoms with Gasteiger partial charge in [0.15, 0.2) is 0 Å². The van der Waals surface area contributed by atoms with Gasteiger partial charge in [0.2, 0.25) is 0 Å². The van der Waals surface area contributed by atoms with Crippen molar-refractivity contribution in [1.82, 2.24) is 5.09 Å². The van der Waals surface area contributed by atoms with Gasteiger partial charge < -0.3 is 0 Å². The van der Waals surface area contributed by atoms with E-state index in [0.717, 1.165) is 37.4 Å². The van der Waals surface area contributed by atoms with E-state index in [2.05, 4.69) is 36.1 Å². The van der Waals surface area contributed by atoms with Crippen molar-refractivity contribution >= 4 is 21.3 Å². The Morgan fingerprint density at radius 1 is 0.487 bits per heavy atom. The summed E-state index contributed by atoms with van der Waals surface area (Å²) < 4.78 is 25.1. The molecule has 39 heavy (non-hydrogen) atoms. The molecular formula is C33H73AsNO3P. The van der Waals surface area contributed by atoms with E-state index in [1.54, 1.807) is 0 Å². The Kier molecular flexibility index (Phi) is 29.3. The van der Waals surface area contributed by atoms with Gasteiger partial charge in [-0.15, -0.1) is 0 Å². The Balaban J connectivity index is 3.93. The van der Waals surface area contributed by atoms with Crippen LogP contribution < -0.4 is 5.09 Å². The van der Waals surface area contributed by atoms with Crippen LogP contribution in [0.1, 0.15) is 168 Å². The Morgan fingerprint density at radius 2 is 0.769 bits per heavy atom. The van der Waals surface area contributed by atoms with Crippen LogP contribution in [0.4, 0.5) is 0 Å². The number of hydrogen-bond donors (Lipinski definition) is 1. The molecule has 0 aliphatic carbocycles. The van der Waals surface area contributed by atoms with Gasteiger partial charge in [-0.2, -0.15) is 0 Å². The van der Waals surface area contributed by atoms with Gasteiger partial charge in [-0.1, -0.05) is 90.9 Å². The molecule has 0 aromatic carbocycles. The first kappa shape index (κ1) is 39.7. The van der Waals surface area contributed by atoms with E-state index in [4.69, 9.17) is 9.05 Å². The number of unbranched alkanes of at least 4 members (excludes halogenated alkanes) is 22. The van der Waals surface area contributed by atoms with Crippen molar-refractivity contribution in [3.8, 4) is 0 Å². The summed E-state index contributed by atoms with van der Waals surface area (Å²) in [5.41, 5.74) is 7.19. The summed E-state index contributed by atoms with van der Waals surface area (Å²) in [5.74, 6) is 0. The maximum atomic E-state index is 13.4. The Morgan fingerprint density at radius 3 is 1.05 bits per heavy atom. The van der Waals surface area contributed by atoms with Crippen LogP contribution in [-0.2, 0) is 13.6 Å². The molecule has 0 bridgehead atoms. The van der Waals surface area contributed by atoms with Crippen LogP contribution in [-0.4, -0.2) is 33.3 Å². The summed E-state index contributed by atoms with van der Waals surface area (Å²) in [6, 6.07) is 0. The topological polar surface area (TPSA) is 47.6 Å². The molecule has 0 saturated heterocycles. The van der Waals surface area contributed by atoms with Crippen LogP contribution in [0.15, 0.2) is 0 Å². The van der Waals surface area contributed by atoms with E-state index in [1.165, 1.54) is 128 Å². The first-order chi connectivity index (χ1) is 18.8. The van der Waals surface area contributed by atoms with Crippen LogP contribution in [0.2, 0.25) is 22.3 Å². The van der Waals surface area contributed by atoms with Crippen molar-refractivity contribution in [2.75, 3.05) is 19.8 Å². The van der Waals surface area contributed by atoms with Crippen LogP contribution >= 0.6 is 7.75 Å². The number of nitrogens with one attached hydrogen (secondary N) is 1. The predicted molar refractivity (Wildman–Crippen MR) is 179 cm³/mol. The van der Waals surface area contributed by atoms with Gasteiger partial charge in [0, 0.05) is 0 Å². The quantitative estimate of drug-likeness (QED) is 0.0453. The fourth-order valence-corrected chi connectivity index (χ4v) is 8.61.